The van der Waals surface area contributed by atoms with E-state index < -0.39 is 25.6 Å². The number of amides is 2. The number of hydrogen-bond donors (Lipinski definition) is 3. The van der Waals surface area contributed by atoms with Crippen molar-refractivity contribution in [3.8, 4) is 11.5 Å². The van der Waals surface area contributed by atoms with Gasteiger partial charge in [0.1, 0.15) is 25.1 Å². The van der Waals surface area contributed by atoms with Crippen molar-refractivity contribution in [3.05, 3.63) is 95.8 Å². The molecule has 4 N–H and O–H groups in total. The summed E-state index contributed by atoms with van der Waals surface area (Å²) in [6.45, 7) is 7.95. The van der Waals surface area contributed by atoms with Crippen molar-refractivity contribution < 1.29 is 91.9 Å². The number of nitrogens with one attached hydrogen (secondary N) is 2. The van der Waals surface area contributed by atoms with E-state index in [4.69, 9.17) is 42.6 Å². The Morgan fingerprint density at radius 1 is 0.656 bits per heavy atom. The van der Waals surface area contributed by atoms with Gasteiger partial charge in [-0.2, -0.15) is 0 Å². The molecule has 0 aromatic heterocycles. The van der Waals surface area contributed by atoms with E-state index in [0.29, 0.717) is 129 Å². The molecule has 3 aromatic rings. The molecule has 23 heteroatoms. The van der Waals surface area contributed by atoms with Crippen LogP contribution in [0.4, 0.5) is 29.6 Å². The molecule has 1 aliphatic rings. The van der Waals surface area contributed by atoms with Crippen LogP contribution in [0.3, 0.4) is 0 Å². The SMILES string of the molecule is COC(=O)[C@H](Cc1ccccc1)NC(=O)C[NH2+]CCOCCNC(=O)c1ccc(F)cc1.F[P-](F)(F)(F)(F)F.c1ccc2c(c1)OCCOCCOCCOCCOCCOCCO2. The zero-order valence-corrected chi connectivity index (χ0v) is 36.3. The maximum absolute atomic E-state index is 12.9. The van der Waals surface area contributed by atoms with Crippen molar-refractivity contribution in [3.63, 3.8) is 0 Å². The number of methoxy groups -OCH3 is 1. The van der Waals surface area contributed by atoms with Crippen LogP contribution >= 0.6 is 7.81 Å². The van der Waals surface area contributed by atoms with Crippen LogP contribution in [0.2, 0.25) is 0 Å². The fourth-order valence-electron chi connectivity index (χ4n) is 4.97. The summed E-state index contributed by atoms with van der Waals surface area (Å²) in [5, 5.41) is 7.15. The van der Waals surface area contributed by atoms with E-state index in [1.54, 1.807) is 5.32 Å². The van der Waals surface area contributed by atoms with Crippen molar-refractivity contribution in [2.24, 2.45) is 0 Å². The first-order valence-corrected chi connectivity index (χ1v) is 22.1. The largest absolute Gasteiger partial charge is 0.487 e. The van der Waals surface area contributed by atoms with Crippen molar-refractivity contribution in [1.82, 2.24) is 10.6 Å². The van der Waals surface area contributed by atoms with Crippen LogP contribution in [0, 0.1) is 5.82 Å². The second kappa shape index (κ2) is 29.7. The molecule has 0 saturated heterocycles. The summed E-state index contributed by atoms with van der Waals surface area (Å²) >= 11 is 0. The number of quaternary nitrogens is 1. The van der Waals surface area contributed by atoms with Crippen LogP contribution in [0.1, 0.15) is 15.9 Å². The molecule has 0 bridgehead atoms. The van der Waals surface area contributed by atoms with Crippen LogP contribution in [0.25, 0.3) is 0 Å². The predicted octanol–water partition coefficient (Wildman–Crippen LogP) is 4.96. The van der Waals surface area contributed by atoms with Crippen LogP contribution in [0.15, 0.2) is 78.9 Å². The normalized spacial score (nSPS) is 16.2. The second-order valence-electron chi connectivity index (χ2n) is 13.2. The number of rotatable bonds is 13. The Balaban J connectivity index is 0.000000391. The van der Waals surface area contributed by atoms with Crippen LogP contribution in [-0.2, 0) is 49.2 Å². The summed E-state index contributed by atoms with van der Waals surface area (Å²) in [5.74, 6) is -0.0575. The first-order chi connectivity index (χ1) is 30.4. The number of carbonyl (C=O) groups is 3. The van der Waals surface area contributed by atoms with Crippen molar-refractivity contribution in [2.75, 3.05) is 119 Å². The van der Waals surface area contributed by atoms with Gasteiger partial charge in [-0.1, -0.05) is 42.5 Å². The molecule has 15 nitrogen and oxygen atoms in total. The number of benzene rings is 3. The smallest absolute Gasteiger partial charge is 0.161 e. The van der Waals surface area contributed by atoms with E-state index in [1.165, 1.54) is 31.4 Å². The minimum atomic E-state index is -10.7. The van der Waals surface area contributed by atoms with Gasteiger partial charge in [-0.3, -0.25) is 9.59 Å². The summed E-state index contributed by atoms with van der Waals surface area (Å²) in [7, 11) is -9.37. The molecule has 0 spiro atoms. The number of halogens is 7. The molecule has 0 saturated carbocycles. The predicted molar refractivity (Wildman–Crippen MR) is 220 cm³/mol. The number of fused-ring (bicyclic) bond motifs is 1. The molecule has 0 aliphatic carbocycles. The van der Waals surface area contributed by atoms with Crippen LogP contribution < -0.4 is 25.4 Å². The van der Waals surface area contributed by atoms with Gasteiger partial charge in [0.15, 0.2) is 18.0 Å². The Kier molecular flexibility index (Phi) is 25.7. The molecule has 1 aliphatic heterocycles. The first-order valence-electron chi connectivity index (χ1n) is 20.0. The summed E-state index contributed by atoms with van der Waals surface area (Å²) in [5.41, 5.74) is 1.30. The molecule has 3 aromatic carbocycles. The average molecular weight is 948 g/mol. The number of carbonyl (C=O) groups excluding carboxylic acids is 3. The number of ether oxygens (including phenoxy) is 9. The monoisotopic (exact) mass is 947 g/mol. The molecule has 0 fully saturated rings. The number of para-hydroxylation sites is 2. The van der Waals surface area contributed by atoms with Gasteiger partial charge in [-0.15, -0.1) is 0 Å². The van der Waals surface area contributed by atoms with Gasteiger partial charge < -0.3 is 58.6 Å². The zero-order chi connectivity index (χ0) is 47.0. The van der Waals surface area contributed by atoms with E-state index in [0.717, 1.165) is 5.56 Å². The van der Waals surface area contributed by atoms with Crippen molar-refractivity contribution in [2.45, 2.75) is 12.5 Å². The molecular weight excluding hydrogens is 890 g/mol. The van der Waals surface area contributed by atoms with E-state index in [1.807, 2.05) is 54.6 Å². The fraction of sp³-hybridized carbons (Fsp3) is 0.488. The van der Waals surface area contributed by atoms with Gasteiger partial charge in [-0.05, 0) is 42.0 Å². The maximum Gasteiger partial charge on any atom is 0.161 e. The second-order valence-corrected chi connectivity index (χ2v) is 15.1. The van der Waals surface area contributed by atoms with Crippen LogP contribution in [-0.4, -0.2) is 143 Å². The maximum atomic E-state index is 12.9. The third kappa shape index (κ3) is 32.1. The minimum absolute atomic E-state index is 0.146. The molecule has 0 radical (unpaired) electrons. The zero-order valence-electron chi connectivity index (χ0n) is 35.4. The van der Waals surface area contributed by atoms with Crippen LogP contribution in [0.5, 0.6) is 11.5 Å². The molecule has 1 atom stereocenters. The standard InChI is InChI=1S/C23H28FN3O5.C18H28O7.F6P/c1-31-23(30)20(15-17-5-3-2-4-6-17)27-21(28)16-25-11-13-32-14-12-26-22(29)18-7-9-19(24)10-8-18;1-2-4-18-17(3-1)24-15-13-22-11-9-20-7-5-19-6-8-21-10-12-23-14-16-25-18;1-7(2,3,4,5)6/h2-10,20,25H,11-16H2,1H3,(H,26,29)(H,27,28);1-4H,5-16H2;/q;;-1/p+1/t20-;;/m0../s1. The Hall–Kier alpha value is -4.67. The summed E-state index contributed by atoms with van der Waals surface area (Å²) in [6.07, 6.45) is 0.353. The third-order valence-corrected chi connectivity index (χ3v) is 7.85. The van der Waals surface area contributed by atoms with E-state index >= 15 is 0 Å². The quantitative estimate of drug-likeness (QED) is 0.0912. The Morgan fingerprint density at radius 3 is 1.58 bits per heavy atom. The van der Waals surface area contributed by atoms with Gasteiger partial charge in [0, 0.05) is 18.5 Å². The number of hydrogen-bond acceptors (Lipinski definition) is 12. The van der Waals surface area contributed by atoms with E-state index in [2.05, 4.69) is 10.6 Å². The molecule has 0 unspecified atom stereocenters. The Labute approximate surface area is 366 Å². The Bertz CT molecular complexity index is 1710. The van der Waals surface area contributed by atoms with Gasteiger partial charge in [-0.25, -0.2) is 9.18 Å². The first kappa shape index (κ1) is 55.5. The molecular formula is C41H57F7N3O12P. The molecule has 362 valence electrons. The Morgan fingerprint density at radius 2 is 1.11 bits per heavy atom. The summed E-state index contributed by atoms with van der Waals surface area (Å²) in [6, 6.07) is 21.5. The van der Waals surface area contributed by atoms with Gasteiger partial charge in [0.05, 0.1) is 92.9 Å². The molecule has 2 amide bonds. The molecule has 4 rings (SSSR count). The van der Waals surface area contributed by atoms with Crippen molar-refractivity contribution >= 4 is 25.6 Å². The van der Waals surface area contributed by atoms with E-state index in [9.17, 15) is 44.0 Å². The van der Waals surface area contributed by atoms with E-state index in [-0.39, 0.29) is 18.4 Å². The minimum Gasteiger partial charge on any atom is -0.487 e. The molecule has 64 heavy (non-hydrogen) atoms. The fourth-order valence-corrected chi connectivity index (χ4v) is 4.97. The average Bonchev–Trinajstić information content (AvgIpc) is 3.24. The van der Waals surface area contributed by atoms with Gasteiger partial charge in [0.25, 0.3) is 11.8 Å². The topological polar surface area (TPSA) is 175 Å². The van der Waals surface area contributed by atoms with Gasteiger partial charge >= 0.3 is 39.0 Å². The molecule has 1 heterocycles. The summed E-state index contributed by atoms with van der Waals surface area (Å²) in [4.78, 5) is 36.0. The van der Waals surface area contributed by atoms with Gasteiger partial charge in [0.2, 0.25) is 0 Å². The van der Waals surface area contributed by atoms with Crippen molar-refractivity contribution in [1.29, 1.82) is 0 Å². The summed E-state index contributed by atoms with van der Waals surface area (Å²) < 4.78 is 121. The number of nitrogens with two attached hydrogens (primary N) is 1. The third-order valence-electron chi connectivity index (χ3n) is 7.85. The number of esters is 1.